The van der Waals surface area contributed by atoms with Gasteiger partial charge in [-0.1, -0.05) is 25.9 Å². The monoisotopic (exact) mass is 237 g/mol. The van der Waals surface area contributed by atoms with E-state index in [2.05, 4.69) is 30.9 Å². The third-order valence-corrected chi connectivity index (χ3v) is 2.90. The molecule has 0 amide bonds. The highest BCUT2D eigenvalue weighted by atomic mass is 32.1. The first kappa shape index (κ1) is 11.1. The third kappa shape index (κ3) is 2.61. The van der Waals surface area contributed by atoms with Gasteiger partial charge in [0.25, 0.3) is 5.89 Å². The Morgan fingerprint density at radius 1 is 1.38 bits per heavy atom. The summed E-state index contributed by atoms with van der Waals surface area (Å²) in [5, 5.41) is 4.72. The number of aromatic nitrogens is 2. The third-order valence-electron chi connectivity index (χ3n) is 1.99. The molecule has 4 nitrogen and oxygen atoms in total. The van der Waals surface area contributed by atoms with Crippen LogP contribution in [0.4, 0.5) is 5.00 Å². The van der Waals surface area contributed by atoms with E-state index in [9.17, 15) is 0 Å². The Morgan fingerprint density at radius 3 is 2.69 bits per heavy atom. The molecule has 0 radical (unpaired) electrons. The zero-order chi connectivity index (χ0) is 11.8. The van der Waals surface area contributed by atoms with Crippen LogP contribution in [-0.2, 0) is 6.42 Å². The predicted molar refractivity (Wildman–Crippen MR) is 65.2 cm³/mol. The maximum absolute atomic E-state index is 5.65. The van der Waals surface area contributed by atoms with Crippen molar-refractivity contribution in [2.45, 2.75) is 27.2 Å². The molecule has 2 N–H and O–H groups in total. The Morgan fingerprint density at radius 2 is 2.12 bits per heavy atom. The summed E-state index contributed by atoms with van der Waals surface area (Å²) in [6, 6.07) is 3.74. The standard InChI is InChI=1S/C11H15N3OS/c1-11(2,3)6-9-13-10(15-14-9)7-4-5-8(12)16-7/h4-5H,6,12H2,1-3H3. The molecule has 2 aromatic rings. The van der Waals surface area contributed by atoms with Crippen molar-refractivity contribution < 1.29 is 4.52 Å². The second kappa shape index (κ2) is 3.90. The number of rotatable bonds is 2. The Hall–Kier alpha value is -1.36. The van der Waals surface area contributed by atoms with Crippen molar-refractivity contribution in [3.63, 3.8) is 0 Å². The van der Waals surface area contributed by atoms with Gasteiger partial charge in [0.2, 0.25) is 0 Å². The van der Waals surface area contributed by atoms with Crippen LogP contribution in [0.1, 0.15) is 26.6 Å². The first-order valence-electron chi connectivity index (χ1n) is 5.12. The fourth-order valence-electron chi connectivity index (χ4n) is 1.37. The topological polar surface area (TPSA) is 64.9 Å². The molecule has 2 rings (SSSR count). The van der Waals surface area contributed by atoms with Crippen molar-refractivity contribution >= 4 is 16.3 Å². The summed E-state index contributed by atoms with van der Waals surface area (Å²) in [5.41, 5.74) is 5.82. The van der Waals surface area contributed by atoms with E-state index >= 15 is 0 Å². The SMILES string of the molecule is CC(C)(C)Cc1noc(-c2ccc(N)s2)n1. The highest BCUT2D eigenvalue weighted by Crippen LogP contribution is 2.29. The Bertz CT molecular complexity index is 481. The number of nitrogen functional groups attached to an aromatic ring is 1. The molecule has 0 aliphatic rings. The Balaban J connectivity index is 2.20. The molecule has 0 aliphatic heterocycles. The molecule has 0 fully saturated rings. The van der Waals surface area contributed by atoms with Crippen molar-refractivity contribution in [1.82, 2.24) is 10.1 Å². The van der Waals surface area contributed by atoms with Crippen LogP contribution in [0.3, 0.4) is 0 Å². The van der Waals surface area contributed by atoms with E-state index in [1.165, 1.54) is 11.3 Å². The lowest BCUT2D eigenvalue weighted by molar-refractivity contribution is 0.375. The van der Waals surface area contributed by atoms with Gasteiger partial charge in [-0.15, -0.1) is 11.3 Å². The number of thiophene rings is 1. The number of nitrogens with zero attached hydrogens (tertiary/aromatic N) is 2. The van der Waals surface area contributed by atoms with E-state index in [1.54, 1.807) is 0 Å². The average molecular weight is 237 g/mol. The van der Waals surface area contributed by atoms with E-state index in [1.807, 2.05) is 12.1 Å². The molecule has 2 heterocycles. The van der Waals surface area contributed by atoms with E-state index in [-0.39, 0.29) is 5.41 Å². The zero-order valence-corrected chi connectivity index (χ0v) is 10.5. The van der Waals surface area contributed by atoms with Crippen LogP contribution in [0, 0.1) is 5.41 Å². The molecule has 0 bridgehead atoms. The minimum absolute atomic E-state index is 0.162. The van der Waals surface area contributed by atoms with E-state index in [0.717, 1.165) is 22.1 Å². The fraction of sp³-hybridized carbons (Fsp3) is 0.455. The number of hydrogen-bond acceptors (Lipinski definition) is 5. The van der Waals surface area contributed by atoms with Gasteiger partial charge in [0.1, 0.15) is 0 Å². The molecule has 16 heavy (non-hydrogen) atoms. The highest BCUT2D eigenvalue weighted by molar-refractivity contribution is 7.19. The van der Waals surface area contributed by atoms with E-state index < -0.39 is 0 Å². The summed E-state index contributed by atoms with van der Waals surface area (Å²) in [4.78, 5) is 5.28. The summed E-state index contributed by atoms with van der Waals surface area (Å²) in [6.45, 7) is 6.44. The molecule has 0 unspecified atom stereocenters. The van der Waals surface area contributed by atoms with Crippen LogP contribution < -0.4 is 5.73 Å². The molecule has 5 heteroatoms. The van der Waals surface area contributed by atoms with Gasteiger partial charge in [-0.3, -0.25) is 0 Å². The quantitative estimate of drug-likeness (QED) is 0.872. The van der Waals surface area contributed by atoms with Crippen molar-refractivity contribution in [1.29, 1.82) is 0 Å². The van der Waals surface area contributed by atoms with Gasteiger partial charge >= 0.3 is 0 Å². The minimum Gasteiger partial charge on any atom is -0.391 e. The summed E-state index contributed by atoms with van der Waals surface area (Å²) >= 11 is 1.45. The normalized spacial score (nSPS) is 11.9. The van der Waals surface area contributed by atoms with Crippen LogP contribution in [0.25, 0.3) is 10.8 Å². The fourth-order valence-corrected chi connectivity index (χ4v) is 2.06. The summed E-state index contributed by atoms with van der Waals surface area (Å²) < 4.78 is 5.20. The second-order valence-electron chi connectivity index (χ2n) is 4.96. The first-order chi connectivity index (χ1) is 7.44. The highest BCUT2D eigenvalue weighted by Gasteiger charge is 2.17. The molecular formula is C11H15N3OS. The number of hydrogen-bond donors (Lipinski definition) is 1. The maximum Gasteiger partial charge on any atom is 0.268 e. The van der Waals surface area contributed by atoms with Crippen LogP contribution in [0.5, 0.6) is 0 Å². The van der Waals surface area contributed by atoms with Crippen molar-refractivity contribution in [3.05, 3.63) is 18.0 Å². The van der Waals surface area contributed by atoms with Crippen LogP contribution >= 0.6 is 11.3 Å². The Labute approximate surface area is 98.5 Å². The smallest absolute Gasteiger partial charge is 0.268 e. The van der Waals surface area contributed by atoms with Gasteiger partial charge in [-0.2, -0.15) is 4.98 Å². The van der Waals surface area contributed by atoms with Crippen molar-refractivity contribution in [2.75, 3.05) is 5.73 Å². The van der Waals surface area contributed by atoms with Crippen molar-refractivity contribution in [3.8, 4) is 10.8 Å². The zero-order valence-electron chi connectivity index (χ0n) is 9.65. The summed E-state index contributed by atoms with van der Waals surface area (Å²) in [6.07, 6.45) is 0.803. The van der Waals surface area contributed by atoms with Crippen LogP contribution in [0.2, 0.25) is 0 Å². The summed E-state index contributed by atoms with van der Waals surface area (Å²) in [7, 11) is 0. The summed E-state index contributed by atoms with van der Waals surface area (Å²) in [5.74, 6) is 1.30. The maximum atomic E-state index is 5.65. The van der Waals surface area contributed by atoms with Gasteiger partial charge < -0.3 is 10.3 Å². The molecule has 0 aliphatic carbocycles. The Kier molecular flexibility index (Phi) is 2.71. The molecular weight excluding hydrogens is 222 g/mol. The van der Waals surface area contributed by atoms with Gasteiger partial charge in [0.15, 0.2) is 5.82 Å². The molecule has 0 aromatic carbocycles. The molecule has 2 aromatic heterocycles. The molecule has 86 valence electrons. The minimum atomic E-state index is 0.162. The molecule has 0 spiro atoms. The molecule has 0 atom stereocenters. The number of nitrogens with two attached hydrogens (primary N) is 1. The lowest BCUT2D eigenvalue weighted by Crippen LogP contribution is -2.10. The second-order valence-corrected chi connectivity index (χ2v) is 6.07. The van der Waals surface area contributed by atoms with Gasteiger partial charge in [0.05, 0.1) is 9.88 Å². The largest absolute Gasteiger partial charge is 0.391 e. The van der Waals surface area contributed by atoms with Gasteiger partial charge in [-0.05, 0) is 17.5 Å². The van der Waals surface area contributed by atoms with Crippen molar-refractivity contribution in [2.24, 2.45) is 5.41 Å². The van der Waals surface area contributed by atoms with Crippen LogP contribution in [0.15, 0.2) is 16.7 Å². The molecule has 0 saturated heterocycles. The lowest BCUT2D eigenvalue weighted by Gasteiger charge is -2.14. The predicted octanol–water partition coefficient (Wildman–Crippen LogP) is 2.97. The van der Waals surface area contributed by atoms with E-state index in [0.29, 0.717) is 5.89 Å². The average Bonchev–Trinajstić information content (AvgIpc) is 2.71. The van der Waals surface area contributed by atoms with Crippen LogP contribution in [-0.4, -0.2) is 10.1 Å². The van der Waals surface area contributed by atoms with E-state index in [4.69, 9.17) is 10.3 Å². The van der Waals surface area contributed by atoms with Gasteiger partial charge in [0, 0.05) is 6.42 Å². The molecule has 0 saturated carbocycles. The lowest BCUT2D eigenvalue weighted by atomic mass is 9.92. The number of anilines is 1. The van der Waals surface area contributed by atoms with Gasteiger partial charge in [-0.25, -0.2) is 0 Å². The first-order valence-corrected chi connectivity index (χ1v) is 5.94.